The number of piperidine rings is 1. The molecule has 1 aromatic rings. The molecule has 1 heterocycles. The first-order valence-electron chi connectivity index (χ1n) is 5.01. The summed E-state index contributed by atoms with van der Waals surface area (Å²) < 4.78 is 0. The third-order valence-corrected chi connectivity index (χ3v) is 2.95. The molecule has 0 aromatic heterocycles. The standard InChI is InChI=1S/C11H14ClNO/c12-10-5-4-9(14)8-11(10)13-6-2-1-3-7-13/h4-5,8,14H,1-3,6-7H2. The van der Waals surface area contributed by atoms with Gasteiger partial charge in [-0.2, -0.15) is 0 Å². The lowest BCUT2D eigenvalue weighted by Crippen LogP contribution is -2.29. The lowest BCUT2D eigenvalue weighted by molar-refractivity contribution is 0.474. The van der Waals surface area contributed by atoms with Gasteiger partial charge in [-0.3, -0.25) is 0 Å². The van der Waals surface area contributed by atoms with E-state index in [1.165, 1.54) is 19.3 Å². The number of aromatic hydroxyl groups is 1. The van der Waals surface area contributed by atoms with Gasteiger partial charge in [0.2, 0.25) is 0 Å². The van der Waals surface area contributed by atoms with Crippen molar-refractivity contribution in [2.45, 2.75) is 19.3 Å². The first kappa shape index (κ1) is 9.66. The summed E-state index contributed by atoms with van der Waals surface area (Å²) in [5.74, 6) is 0.287. The zero-order chi connectivity index (χ0) is 9.97. The lowest BCUT2D eigenvalue weighted by atomic mass is 10.1. The van der Waals surface area contributed by atoms with Gasteiger partial charge in [0.1, 0.15) is 5.75 Å². The topological polar surface area (TPSA) is 23.5 Å². The maximum Gasteiger partial charge on any atom is 0.117 e. The molecule has 0 radical (unpaired) electrons. The van der Waals surface area contributed by atoms with Crippen LogP contribution in [0, 0.1) is 0 Å². The number of benzene rings is 1. The minimum Gasteiger partial charge on any atom is -0.508 e. The Morgan fingerprint density at radius 3 is 2.57 bits per heavy atom. The van der Waals surface area contributed by atoms with E-state index in [1.54, 1.807) is 18.2 Å². The van der Waals surface area contributed by atoms with Crippen molar-refractivity contribution >= 4 is 17.3 Å². The van der Waals surface area contributed by atoms with E-state index in [2.05, 4.69) is 4.90 Å². The van der Waals surface area contributed by atoms with E-state index >= 15 is 0 Å². The van der Waals surface area contributed by atoms with Crippen molar-refractivity contribution in [2.75, 3.05) is 18.0 Å². The predicted molar refractivity (Wildman–Crippen MR) is 59.2 cm³/mol. The van der Waals surface area contributed by atoms with Gasteiger partial charge in [-0.05, 0) is 31.4 Å². The normalized spacial score (nSPS) is 17.1. The van der Waals surface area contributed by atoms with Crippen LogP contribution in [0.1, 0.15) is 19.3 Å². The molecule has 1 aromatic carbocycles. The Hall–Kier alpha value is -0.890. The summed E-state index contributed by atoms with van der Waals surface area (Å²) in [6.07, 6.45) is 3.73. The number of hydrogen-bond donors (Lipinski definition) is 1. The third-order valence-electron chi connectivity index (χ3n) is 2.63. The van der Waals surface area contributed by atoms with Crippen LogP contribution in [0.25, 0.3) is 0 Å². The average molecular weight is 212 g/mol. The third kappa shape index (κ3) is 1.95. The number of hydrogen-bond acceptors (Lipinski definition) is 2. The highest BCUT2D eigenvalue weighted by molar-refractivity contribution is 6.33. The monoisotopic (exact) mass is 211 g/mol. The maximum absolute atomic E-state index is 9.38. The molecule has 76 valence electrons. The quantitative estimate of drug-likeness (QED) is 0.772. The zero-order valence-corrected chi connectivity index (χ0v) is 8.80. The first-order chi connectivity index (χ1) is 6.77. The van der Waals surface area contributed by atoms with Gasteiger partial charge >= 0.3 is 0 Å². The minimum atomic E-state index is 0.287. The Bertz CT molecular complexity index is 321. The smallest absolute Gasteiger partial charge is 0.117 e. The van der Waals surface area contributed by atoms with Crippen LogP contribution in [0.4, 0.5) is 5.69 Å². The minimum absolute atomic E-state index is 0.287. The zero-order valence-electron chi connectivity index (χ0n) is 8.04. The maximum atomic E-state index is 9.38. The molecule has 14 heavy (non-hydrogen) atoms. The highest BCUT2D eigenvalue weighted by Crippen LogP contribution is 2.31. The molecule has 0 spiro atoms. The molecular formula is C11H14ClNO. The highest BCUT2D eigenvalue weighted by Gasteiger charge is 2.13. The van der Waals surface area contributed by atoms with Crippen LogP contribution in [-0.4, -0.2) is 18.2 Å². The molecule has 0 atom stereocenters. The summed E-state index contributed by atoms with van der Waals surface area (Å²) >= 11 is 6.08. The number of nitrogens with zero attached hydrogens (tertiary/aromatic N) is 1. The van der Waals surface area contributed by atoms with Gasteiger partial charge in [-0.25, -0.2) is 0 Å². The molecule has 0 amide bonds. The summed E-state index contributed by atoms with van der Waals surface area (Å²) in [6.45, 7) is 2.09. The molecule has 3 heteroatoms. The molecule has 1 saturated heterocycles. The van der Waals surface area contributed by atoms with E-state index in [4.69, 9.17) is 11.6 Å². The molecule has 0 unspecified atom stereocenters. The Morgan fingerprint density at radius 1 is 1.14 bits per heavy atom. The van der Waals surface area contributed by atoms with E-state index in [9.17, 15) is 5.11 Å². The highest BCUT2D eigenvalue weighted by atomic mass is 35.5. The van der Waals surface area contributed by atoms with E-state index in [0.29, 0.717) is 0 Å². The van der Waals surface area contributed by atoms with E-state index < -0.39 is 0 Å². The van der Waals surface area contributed by atoms with Crippen molar-refractivity contribution in [1.82, 2.24) is 0 Å². The van der Waals surface area contributed by atoms with Crippen LogP contribution in [0.3, 0.4) is 0 Å². The summed E-state index contributed by atoms with van der Waals surface area (Å²) in [5.41, 5.74) is 0.964. The van der Waals surface area contributed by atoms with Crippen LogP contribution in [0.2, 0.25) is 5.02 Å². The van der Waals surface area contributed by atoms with Gasteiger partial charge in [0.25, 0.3) is 0 Å². The summed E-state index contributed by atoms with van der Waals surface area (Å²) in [4.78, 5) is 2.24. The molecule has 0 saturated carbocycles. The largest absolute Gasteiger partial charge is 0.508 e. The fraction of sp³-hybridized carbons (Fsp3) is 0.455. The molecular weight excluding hydrogens is 198 g/mol. The van der Waals surface area contributed by atoms with Crippen molar-refractivity contribution in [1.29, 1.82) is 0 Å². The molecule has 1 aliphatic rings. The molecule has 1 N–H and O–H groups in total. The Kier molecular flexibility index (Phi) is 2.82. The summed E-state index contributed by atoms with van der Waals surface area (Å²) in [7, 11) is 0. The van der Waals surface area contributed by atoms with Gasteiger partial charge in [0, 0.05) is 19.2 Å². The first-order valence-corrected chi connectivity index (χ1v) is 5.38. The molecule has 0 aliphatic carbocycles. The van der Waals surface area contributed by atoms with Crippen LogP contribution in [0.5, 0.6) is 5.75 Å². The second kappa shape index (κ2) is 4.09. The van der Waals surface area contributed by atoms with Crippen molar-refractivity contribution in [2.24, 2.45) is 0 Å². The van der Waals surface area contributed by atoms with Crippen molar-refractivity contribution in [3.05, 3.63) is 23.2 Å². The van der Waals surface area contributed by atoms with Crippen LogP contribution in [-0.2, 0) is 0 Å². The van der Waals surface area contributed by atoms with E-state index in [0.717, 1.165) is 23.8 Å². The van der Waals surface area contributed by atoms with Gasteiger partial charge < -0.3 is 10.0 Å². The summed E-state index contributed by atoms with van der Waals surface area (Å²) in [5, 5.41) is 10.1. The number of rotatable bonds is 1. The van der Waals surface area contributed by atoms with Crippen molar-refractivity contribution in [3.63, 3.8) is 0 Å². The van der Waals surface area contributed by atoms with E-state index in [1.807, 2.05) is 0 Å². The van der Waals surface area contributed by atoms with Crippen molar-refractivity contribution in [3.8, 4) is 5.75 Å². The van der Waals surface area contributed by atoms with Crippen LogP contribution >= 0.6 is 11.6 Å². The number of halogens is 1. The number of anilines is 1. The van der Waals surface area contributed by atoms with Crippen molar-refractivity contribution < 1.29 is 5.11 Å². The second-order valence-electron chi connectivity index (χ2n) is 3.68. The lowest BCUT2D eigenvalue weighted by Gasteiger charge is -2.29. The van der Waals surface area contributed by atoms with Gasteiger partial charge in [-0.15, -0.1) is 0 Å². The van der Waals surface area contributed by atoms with Gasteiger partial charge in [0.05, 0.1) is 10.7 Å². The van der Waals surface area contributed by atoms with E-state index in [-0.39, 0.29) is 5.75 Å². The molecule has 1 fully saturated rings. The fourth-order valence-corrected chi connectivity index (χ4v) is 2.12. The van der Waals surface area contributed by atoms with Crippen LogP contribution in [0.15, 0.2) is 18.2 Å². The van der Waals surface area contributed by atoms with Crippen LogP contribution < -0.4 is 4.90 Å². The van der Waals surface area contributed by atoms with Gasteiger partial charge in [-0.1, -0.05) is 11.6 Å². The molecule has 0 bridgehead atoms. The molecule has 2 rings (SSSR count). The number of phenolic OH excluding ortho intramolecular Hbond substituents is 1. The summed E-state index contributed by atoms with van der Waals surface area (Å²) in [6, 6.07) is 5.12. The molecule has 2 nitrogen and oxygen atoms in total. The second-order valence-corrected chi connectivity index (χ2v) is 4.09. The Morgan fingerprint density at radius 2 is 1.86 bits per heavy atom. The predicted octanol–water partition coefficient (Wildman–Crippen LogP) is 3.04. The SMILES string of the molecule is Oc1ccc(Cl)c(N2CCCCC2)c1. The fourth-order valence-electron chi connectivity index (χ4n) is 1.88. The number of phenols is 1. The average Bonchev–Trinajstić information content (AvgIpc) is 2.23. The molecule has 1 aliphatic heterocycles. The van der Waals surface area contributed by atoms with Gasteiger partial charge in [0.15, 0.2) is 0 Å². The Labute approximate surface area is 89.1 Å². The Balaban J connectivity index is 2.24.